The molecule has 0 aliphatic rings. The van der Waals surface area contributed by atoms with Crippen LogP contribution in [0.2, 0.25) is 0 Å². The number of carboxylic acid groups (broad SMARTS) is 1. The average molecular weight is 332 g/mol. The monoisotopic (exact) mass is 332 g/mol. The highest BCUT2D eigenvalue weighted by molar-refractivity contribution is 6.07. The zero-order valence-electron chi connectivity index (χ0n) is 13.8. The summed E-state index contributed by atoms with van der Waals surface area (Å²) in [5, 5.41) is 11.2. The molecule has 0 saturated carbocycles. The van der Waals surface area contributed by atoms with Crippen LogP contribution >= 0.6 is 0 Å². The minimum atomic E-state index is -1.01. The van der Waals surface area contributed by atoms with Crippen molar-refractivity contribution >= 4 is 27.9 Å². The van der Waals surface area contributed by atoms with Crippen LogP contribution in [0.3, 0.4) is 0 Å². The van der Waals surface area contributed by atoms with Crippen LogP contribution in [0, 0.1) is 6.92 Å². The molecule has 2 aromatic heterocycles. The van der Waals surface area contributed by atoms with Gasteiger partial charge in [-0.3, -0.25) is 9.36 Å². The molecule has 0 aliphatic carbocycles. The normalized spacial score (nSPS) is 11.3. The van der Waals surface area contributed by atoms with Gasteiger partial charge in [0.05, 0.1) is 5.56 Å². The highest BCUT2D eigenvalue weighted by Crippen LogP contribution is 2.28. The third-order valence-corrected chi connectivity index (χ3v) is 4.55. The quantitative estimate of drug-likeness (QED) is 0.588. The number of nitrogens with one attached hydrogen (secondary N) is 1. The molecule has 2 N–H and O–H groups in total. The van der Waals surface area contributed by atoms with Crippen molar-refractivity contribution in [1.29, 1.82) is 0 Å². The van der Waals surface area contributed by atoms with Crippen LogP contribution in [0.15, 0.2) is 53.3 Å². The number of nitrogens with zero attached hydrogens (tertiary/aromatic N) is 1. The van der Waals surface area contributed by atoms with Gasteiger partial charge < -0.3 is 10.1 Å². The number of aryl methyl sites for hydroxylation is 2. The number of pyridine rings is 1. The lowest BCUT2D eigenvalue weighted by Gasteiger charge is -2.07. The van der Waals surface area contributed by atoms with Crippen molar-refractivity contribution in [1.82, 2.24) is 9.55 Å². The van der Waals surface area contributed by atoms with E-state index in [1.54, 1.807) is 23.7 Å². The van der Waals surface area contributed by atoms with E-state index in [4.69, 9.17) is 0 Å². The lowest BCUT2D eigenvalue weighted by Crippen LogP contribution is -2.19. The SMILES string of the molecule is Cc1ccc2[nH]c3c(cc(-c4cccc(C(=O)O)c4)c(=O)n3C)c2c1. The van der Waals surface area contributed by atoms with Crippen molar-refractivity contribution < 1.29 is 9.90 Å². The average Bonchev–Trinajstić information content (AvgIpc) is 2.96. The summed E-state index contributed by atoms with van der Waals surface area (Å²) in [6.07, 6.45) is 0. The number of aromatic nitrogens is 2. The lowest BCUT2D eigenvalue weighted by molar-refractivity contribution is 0.0697. The van der Waals surface area contributed by atoms with Gasteiger partial charge in [0.1, 0.15) is 5.65 Å². The van der Waals surface area contributed by atoms with E-state index in [2.05, 4.69) is 11.1 Å². The molecule has 0 spiro atoms. The van der Waals surface area contributed by atoms with Gasteiger partial charge >= 0.3 is 5.97 Å². The van der Waals surface area contributed by atoms with Gasteiger partial charge in [-0.2, -0.15) is 0 Å². The number of carboxylic acids is 1. The minimum absolute atomic E-state index is 0.162. The molecule has 5 nitrogen and oxygen atoms in total. The molecule has 124 valence electrons. The number of benzene rings is 2. The van der Waals surface area contributed by atoms with Crippen molar-refractivity contribution in [2.45, 2.75) is 6.92 Å². The minimum Gasteiger partial charge on any atom is -0.478 e. The molecule has 2 aromatic carbocycles. The summed E-state index contributed by atoms with van der Waals surface area (Å²) < 4.78 is 1.58. The van der Waals surface area contributed by atoms with E-state index in [0.29, 0.717) is 11.1 Å². The van der Waals surface area contributed by atoms with E-state index >= 15 is 0 Å². The van der Waals surface area contributed by atoms with Gasteiger partial charge in [-0.1, -0.05) is 23.8 Å². The Balaban J connectivity index is 2.08. The van der Waals surface area contributed by atoms with Crippen LogP contribution in [0.1, 0.15) is 15.9 Å². The number of hydrogen-bond donors (Lipinski definition) is 2. The smallest absolute Gasteiger partial charge is 0.335 e. The predicted octanol–water partition coefficient (Wildman–Crippen LogP) is 3.69. The summed E-state index contributed by atoms with van der Waals surface area (Å²) >= 11 is 0. The molecule has 4 rings (SSSR count). The molecule has 0 unspecified atom stereocenters. The van der Waals surface area contributed by atoms with E-state index < -0.39 is 5.97 Å². The van der Waals surface area contributed by atoms with Crippen molar-refractivity contribution in [3.05, 3.63) is 70.0 Å². The summed E-state index contributed by atoms with van der Waals surface area (Å²) in [6.45, 7) is 2.03. The Morgan fingerprint density at radius 2 is 1.88 bits per heavy atom. The van der Waals surface area contributed by atoms with Crippen molar-refractivity contribution in [3.8, 4) is 11.1 Å². The molecule has 0 saturated heterocycles. The molecule has 4 aromatic rings. The fourth-order valence-corrected chi connectivity index (χ4v) is 3.24. The molecule has 2 heterocycles. The first-order chi connectivity index (χ1) is 12.0. The predicted molar refractivity (Wildman–Crippen MR) is 98.2 cm³/mol. The summed E-state index contributed by atoms with van der Waals surface area (Å²) in [5.41, 5.74) is 3.94. The standard InChI is InChI=1S/C20H16N2O3/c1-11-6-7-17-15(8-11)16-10-14(19(23)22(2)18(16)21-17)12-4-3-5-13(9-12)20(24)25/h3-10,21H,1-2H3,(H,24,25). The lowest BCUT2D eigenvalue weighted by atomic mass is 10.0. The third-order valence-electron chi connectivity index (χ3n) is 4.55. The molecular formula is C20H16N2O3. The summed E-state index contributed by atoms with van der Waals surface area (Å²) in [6, 6.07) is 14.4. The Morgan fingerprint density at radius 1 is 1.08 bits per heavy atom. The number of aromatic amines is 1. The van der Waals surface area contributed by atoms with E-state index in [9.17, 15) is 14.7 Å². The third kappa shape index (κ3) is 2.32. The summed E-state index contributed by atoms with van der Waals surface area (Å²) in [5.74, 6) is -1.01. The van der Waals surface area contributed by atoms with Gasteiger partial charge in [0.25, 0.3) is 5.56 Å². The largest absolute Gasteiger partial charge is 0.478 e. The Morgan fingerprint density at radius 3 is 2.64 bits per heavy atom. The zero-order chi connectivity index (χ0) is 17.7. The number of H-pyrrole nitrogens is 1. The second-order valence-electron chi connectivity index (χ2n) is 6.24. The van der Waals surface area contributed by atoms with Gasteiger partial charge in [-0.05, 0) is 42.8 Å². The van der Waals surface area contributed by atoms with Crippen molar-refractivity contribution in [2.24, 2.45) is 7.05 Å². The molecule has 0 bridgehead atoms. The van der Waals surface area contributed by atoms with E-state index in [0.717, 1.165) is 27.5 Å². The maximum atomic E-state index is 12.8. The van der Waals surface area contributed by atoms with Crippen LogP contribution in [0.5, 0.6) is 0 Å². The van der Waals surface area contributed by atoms with Crippen molar-refractivity contribution in [3.63, 3.8) is 0 Å². The van der Waals surface area contributed by atoms with Gasteiger partial charge in [0.15, 0.2) is 0 Å². The first-order valence-electron chi connectivity index (χ1n) is 7.91. The highest BCUT2D eigenvalue weighted by atomic mass is 16.4. The fourth-order valence-electron chi connectivity index (χ4n) is 3.24. The van der Waals surface area contributed by atoms with E-state index in [-0.39, 0.29) is 11.1 Å². The topological polar surface area (TPSA) is 75.1 Å². The molecule has 0 atom stereocenters. The molecule has 0 amide bonds. The van der Waals surface area contributed by atoms with Gasteiger partial charge in [0, 0.05) is 28.9 Å². The van der Waals surface area contributed by atoms with Crippen LogP contribution in [0.4, 0.5) is 0 Å². The first kappa shape index (κ1) is 15.2. The molecule has 5 heteroatoms. The molecule has 0 radical (unpaired) electrons. The zero-order valence-corrected chi connectivity index (χ0v) is 13.8. The van der Waals surface area contributed by atoms with Gasteiger partial charge in [0.2, 0.25) is 0 Å². The Bertz CT molecular complexity index is 1220. The number of hydrogen-bond acceptors (Lipinski definition) is 2. The Labute approximate surface area is 143 Å². The number of rotatable bonds is 2. The van der Waals surface area contributed by atoms with Gasteiger partial charge in [-0.15, -0.1) is 0 Å². The van der Waals surface area contributed by atoms with Crippen LogP contribution < -0.4 is 5.56 Å². The fraction of sp³-hybridized carbons (Fsp3) is 0.100. The summed E-state index contributed by atoms with van der Waals surface area (Å²) in [7, 11) is 1.72. The number of aromatic carboxylic acids is 1. The van der Waals surface area contributed by atoms with E-state index in [1.807, 2.05) is 25.1 Å². The summed E-state index contributed by atoms with van der Waals surface area (Å²) in [4.78, 5) is 27.3. The Kier molecular flexibility index (Phi) is 3.25. The number of carbonyl (C=O) groups is 1. The molecular weight excluding hydrogens is 316 g/mol. The van der Waals surface area contributed by atoms with Crippen molar-refractivity contribution in [2.75, 3.05) is 0 Å². The van der Waals surface area contributed by atoms with Crippen LogP contribution in [0.25, 0.3) is 33.1 Å². The maximum absolute atomic E-state index is 12.8. The van der Waals surface area contributed by atoms with Crippen LogP contribution in [-0.2, 0) is 7.05 Å². The first-order valence-corrected chi connectivity index (χ1v) is 7.91. The van der Waals surface area contributed by atoms with Crippen LogP contribution in [-0.4, -0.2) is 20.6 Å². The second kappa shape index (κ2) is 5.34. The maximum Gasteiger partial charge on any atom is 0.335 e. The molecule has 0 aliphatic heterocycles. The number of fused-ring (bicyclic) bond motifs is 3. The second-order valence-corrected chi connectivity index (χ2v) is 6.24. The van der Waals surface area contributed by atoms with Gasteiger partial charge in [-0.25, -0.2) is 4.79 Å². The Hall–Kier alpha value is -3.34. The highest BCUT2D eigenvalue weighted by Gasteiger charge is 2.14. The molecule has 0 fully saturated rings. The molecule has 25 heavy (non-hydrogen) atoms. The van der Waals surface area contributed by atoms with E-state index in [1.165, 1.54) is 12.1 Å².